The number of nitrogens with zero attached hydrogens (tertiary/aromatic N) is 2. The van der Waals surface area contributed by atoms with Crippen molar-refractivity contribution in [3.63, 3.8) is 0 Å². The predicted molar refractivity (Wildman–Crippen MR) is 596 cm³/mol. The molecule has 692 valence electrons. The molecular weight excluding hydrogens is 1800 g/mol. The van der Waals surface area contributed by atoms with Crippen LogP contribution in [0.15, 0.2) is 519 Å². The van der Waals surface area contributed by atoms with E-state index in [-0.39, 0.29) is 11.6 Å². The van der Waals surface area contributed by atoms with E-state index in [1.165, 1.54) is 33.4 Å². The molecule has 0 bridgehead atoms. The molecule has 28 rings (SSSR count). The summed E-state index contributed by atoms with van der Waals surface area (Å²) >= 11 is 0. The number of hydrogen-bond acceptors (Lipinski definition) is 6. The van der Waals surface area contributed by atoms with Gasteiger partial charge in [-0.1, -0.05) is 353 Å². The number of halogens is 2. The fourth-order valence-electron chi connectivity index (χ4n) is 24.5. The van der Waals surface area contributed by atoms with Crippen LogP contribution in [0.4, 0.5) is 42.9 Å². The molecule has 0 saturated carbocycles. The highest BCUT2D eigenvalue weighted by Gasteiger charge is 2.53. The largest absolute Gasteiger partial charge is 0.457 e. The smallest absolute Gasteiger partial charge is 0.143 e. The molecule has 0 saturated heterocycles. The number of rotatable bonds is 20. The van der Waals surface area contributed by atoms with E-state index in [1.54, 1.807) is 24.3 Å². The van der Waals surface area contributed by atoms with E-state index in [4.69, 9.17) is 18.3 Å². The van der Waals surface area contributed by atoms with Crippen molar-refractivity contribution < 1.29 is 27.1 Å². The third-order valence-corrected chi connectivity index (χ3v) is 31.1. The zero-order chi connectivity index (χ0) is 97.7. The van der Waals surface area contributed by atoms with E-state index in [9.17, 15) is 0 Å². The quantitative estimate of drug-likeness (QED) is 0.0758. The zero-order valence-electron chi connectivity index (χ0n) is 79.7. The van der Waals surface area contributed by atoms with E-state index < -0.39 is 16.2 Å². The van der Waals surface area contributed by atoms with Crippen molar-refractivity contribution in [2.24, 2.45) is 0 Å². The molecule has 24 aromatic rings. The molecule has 4 aliphatic carbocycles. The van der Waals surface area contributed by atoms with Crippen molar-refractivity contribution in [2.75, 3.05) is 9.80 Å². The van der Waals surface area contributed by atoms with Crippen LogP contribution in [0, 0.1) is 11.6 Å². The Morgan fingerprint density at radius 1 is 0.204 bits per heavy atom. The maximum absolute atomic E-state index is 15.4. The molecule has 4 aliphatic rings. The summed E-state index contributed by atoms with van der Waals surface area (Å²) in [6.45, 7) is 7.90. The Hall–Kier alpha value is -19.0. The van der Waals surface area contributed by atoms with Crippen molar-refractivity contribution in [2.45, 2.75) is 16.2 Å². The third-order valence-electron chi connectivity index (χ3n) is 31.1. The topological polar surface area (TPSA) is 51.2 Å². The Balaban J connectivity index is 0.587. The van der Waals surface area contributed by atoms with Crippen LogP contribution >= 0.6 is 0 Å². The predicted octanol–water partition coefficient (Wildman–Crippen LogP) is 37.3. The lowest BCUT2D eigenvalue weighted by molar-refractivity contribution is 0.482. The van der Waals surface area contributed by atoms with Gasteiger partial charge in [-0.2, -0.15) is 0 Å². The molecule has 2 heterocycles. The van der Waals surface area contributed by atoms with E-state index >= 15 is 8.78 Å². The van der Waals surface area contributed by atoms with E-state index in [0.29, 0.717) is 11.5 Å². The number of furan rings is 2. The second-order valence-electron chi connectivity index (χ2n) is 38.6. The average Bonchev–Trinajstić information content (AvgIpc) is 1.51. The Morgan fingerprint density at radius 3 is 0.810 bits per heavy atom. The molecule has 0 fully saturated rings. The molecule has 0 aliphatic heterocycles. The average molecular weight is 1890 g/mol. The summed E-state index contributed by atoms with van der Waals surface area (Å²) in [6.07, 6.45) is 3.65. The standard InChI is InChI=1S/C139H88F2N2O4/c1-3-87-35-71-107(72-36-87)144-109-75-53-97(54-76-109)137(95-49-57-99(140)58-50-95)125-29-11-5-19-113(125)117-79-47-93(83-129(117)137)89-39-61-101(62-40-89)142(103-65-43-91(44-66-103)111-25-17-27-123-121-23-9-15-33-133(121)146-135(111)123)105-69-81-119-115-21-7-13-31-127(115)139(131(119)85-105)128-32-14-8-22-116(128)120-82-70-106(86-132(120)139)143(104-67-45-92(46-68-104)112-26-18-28-124-122-24-10-16-34-134(122)147-136(112)124)102-63-41-90(42-64-102)94-48-80-118-114-20-6-12-30-126(114)138(130(118)84-94,96-51-59-100(141)60-52-96)98-55-77-110(78-56-98)145-108-73-37-88(4-2)38-74-108/h3-86H,1-2H2. The Bertz CT molecular complexity index is 8890. The van der Waals surface area contributed by atoms with Gasteiger partial charge in [-0.25, -0.2) is 8.78 Å². The molecule has 2 aromatic heterocycles. The summed E-state index contributed by atoms with van der Waals surface area (Å²) in [4.78, 5) is 4.84. The summed E-state index contributed by atoms with van der Waals surface area (Å²) in [7, 11) is 0. The van der Waals surface area contributed by atoms with Gasteiger partial charge in [-0.15, -0.1) is 0 Å². The zero-order valence-corrected chi connectivity index (χ0v) is 79.7. The normalized spacial score (nSPS) is 15.1. The van der Waals surface area contributed by atoms with Crippen LogP contribution < -0.4 is 19.3 Å². The molecular formula is C139H88F2N2O4. The highest BCUT2D eigenvalue weighted by molar-refractivity contribution is 6.11. The van der Waals surface area contributed by atoms with Gasteiger partial charge < -0.3 is 28.1 Å². The van der Waals surface area contributed by atoms with Crippen molar-refractivity contribution in [3.8, 4) is 112 Å². The monoisotopic (exact) mass is 1890 g/mol. The van der Waals surface area contributed by atoms with Gasteiger partial charge in [0.05, 0.1) is 16.2 Å². The van der Waals surface area contributed by atoms with E-state index in [1.807, 2.05) is 133 Å². The fourth-order valence-corrected chi connectivity index (χ4v) is 24.5. The number of hydrogen-bond donors (Lipinski definition) is 0. The third kappa shape index (κ3) is 13.5. The molecule has 0 N–H and O–H groups in total. The molecule has 22 aromatic carbocycles. The maximum Gasteiger partial charge on any atom is 0.143 e. The van der Waals surface area contributed by atoms with Gasteiger partial charge in [0.1, 0.15) is 57.0 Å². The molecule has 0 amide bonds. The Kier molecular flexibility index (Phi) is 19.9. The van der Waals surface area contributed by atoms with Gasteiger partial charge in [0.15, 0.2) is 0 Å². The van der Waals surface area contributed by atoms with Crippen molar-refractivity contribution >= 4 is 90.2 Å². The first-order valence-electron chi connectivity index (χ1n) is 49.9. The van der Waals surface area contributed by atoms with Crippen LogP contribution in [-0.4, -0.2) is 0 Å². The van der Waals surface area contributed by atoms with Gasteiger partial charge in [-0.05, 0) is 326 Å². The van der Waals surface area contributed by atoms with Crippen molar-refractivity contribution in [3.05, 3.63) is 600 Å². The molecule has 1 spiro atoms. The van der Waals surface area contributed by atoms with Gasteiger partial charge in [0.2, 0.25) is 0 Å². The second-order valence-corrected chi connectivity index (χ2v) is 38.6. The number of anilines is 6. The Labute approximate surface area is 849 Å². The maximum atomic E-state index is 15.4. The van der Waals surface area contributed by atoms with Crippen LogP contribution in [0.5, 0.6) is 23.0 Å². The summed E-state index contributed by atoms with van der Waals surface area (Å²) in [5.41, 5.74) is 39.1. The van der Waals surface area contributed by atoms with E-state index in [0.717, 1.165) is 223 Å². The highest BCUT2D eigenvalue weighted by Crippen LogP contribution is 2.66. The van der Waals surface area contributed by atoms with Crippen LogP contribution in [-0.2, 0) is 16.2 Å². The number of para-hydroxylation sites is 4. The van der Waals surface area contributed by atoms with Crippen LogP contribution in [0.2, 0.25) is 0 Å². The van der Waals surface area contributed by atoms with Gasteiger partial charge in [-0.3, -0.25) is 0 Å². The molecule has 0 radical (unpaired) electrons. The summed E-state index contributed by atoms with van der Waals surface area (Å²) in [6, 6.07) is 176. The lowest BCUT2D eigenvalue weighted by Gasteiger charge is -2.34. The minimum Gasteiger partial charge on any atom is -0.457 e. The van der Waals surface area contributed by atoms with E-state index in [2.05, 4.69) is 375 Å². The highest BCUT2D eigenvalue weighted by atomic mass is 19.1. The minimum atomic E-state index is -0.849. The summed E-state index contributed by atoms with van der Waals surface area (Å²) in [5, 5.41) is 4.30. The van der Waals surface area contributed by atoms with Gasteiger partial charge in [0, 0.05) is 66.8 Å². The number of ether oxygens (including phenoxy) is 2. The van der Waals surface area contributed by atoms with Gasteiger partial charge >= 0.3 is 0 Å². The molecule has 8 heteroatoms. The molecule has 2 atom stereocenters. The molecule has 147 heavy (non-hydrogen) atoms. The second kappa shape index (κ2) is 34.1. The first-order chi connectivity index (χ1) is 72.5. The van der Waals surface area contributed by atoms with Crippen molar-refractivity contribution in [1.82, 2.24) is 0 Å². The Morgan fingerprint density at radius 2 is 0.463 bits per heavy atom. The molecule has 6 nitrogen and oxygen atoms in total. The van der Waals surface area contributed by atoms with Crippen molar-refractivity contribution in [1.29, 1.82) is 0 Å². The van der Waals surface area contributed by atoms with Crippen LogP contribution in [0.25, 0.3) is 145 Å². The lowest BCUT2D eigenvalue weighted by atomic mass is 9.67. The van der Waals surface area contributed by atoms with Crippen LogP contribution in [0.1, 0.15) is 77.9 Å². The van der Waals surface area contributed by atoms with Crippen LogP contribution in [0.3, 0.4) is 0 Å². The summed E-state index contributed by atoms with van der Waals surface area (Å²) in [5.74, 6) is 2.23. The fraction of sp³-hybridized carbons (Fsp3) is 0.0216. The number of fused-ring (bicyclic) bond motifs is 22. The minimum absolute atomic E-state index is 0.302. The number of benzene rings is 22. The first kappa shape index (κ1) is 85.9. The first-order valence-corrected chi connectivity index (χ1v) is 49.9. The summed E-state index contributed by atoms with van der Waals surface area (Å²) < 4.78 is 57.4. The molecule has 2 unspecified atom stereocenters. The SMILES string of the molecule is C=Cc1ccc(Oc2ccc(C3(c4ccc(F)cc4)c4ccccc4-c4ccc(-c5ccc(N(c6ccc(-c7cccc8c7oc7ccccc78)cc6)c6ccc7c(c6)C6(c8ccccc8-7)c7ccccc7-c7ccc(N(c8ccc(-c9ccc%10c(c9)C(c9ccc(F)cc9)(c9ccc(Oc%11ccc(C=C)cc%11)cc9)c9ccccc9-%10)cc8)c8ccc(-c9cccc%10c9oc9ccccc9%10)cc8)cc76)cc5)cc43)cc2)cc1. The van der Waals surface area contributed by atoms with Gasteiger partial charge in [0.25, 0.3) is 0 Å². The lowest BCUT2D eigenvalue weighted by Crippen LogP contribution is -2.28.